The summed E-state index contributed by atoms with van der Waals surface area (Å²) in [4.78, 5) is 24.0. The molecule has 1 aromatic rings. The number of aromatic nitrogens is 2. The van der Waals surface area contributed by atoms with Gasteiger partial charge in [-0.25, -0.2) is 14.3 Å². The predicted octanol–water partition coefficient (Wildman–Crippen LogP) is 3.32. The van der Waals surface area contributed by atoms with E-state index in [2.05, 4.69) is 30.1 Å². The van der Waals surface area contributed by atoms with Gasteiger partial charge >= 0.3 is 12.1 Å². The second-order valence-corrected chi connectivity index (χ2v) is 14.2. The van der Waals surface area contributed by atoms with E-state index < -0.39 is 25.7 Å². The van der Waals surface area contributed by atoms with Gasteiger partial charge in [0.05, 0.1) is 13.7 Å². The van der Waals surface area contributed by atoms with E-state index in [4.69, 9.17) is 14.2 Å². The van der Waals surface area contributed by atoms with E-state index in [1.807, 2.05) is 6.92 Å². The van der Waals surface area contributed by atoms with Gasteiger partial charge in [0.1, 0.15) is 12.3 Å². The van der Waals surface area contributed by atoms with E-state index in [1.165, 1.54) is 7.11 Å². The minimum atomic E-state index is -1.17. The molecule has 0 bridgehead atoms. The van der Waals surface area contributed by atoms with Gasteiger partial charge < -0.3 is 19.5 Å². The summed E-state index contributed by atoms with van der Waals surface area (Å²) < 4.78 is 17.4. The van der Waals surface area contributed by atoms with Gasteiger partial charge in [0.15, 0.2) is 5.69 Å². The van der Waals surface area contributed by atoms with Crippen molar-refractivity contribution in [2.24, 2.45) is 0 Å². The van der Waals surface area contributed by atoms with Gasteiger partial charge in [0, 0.05) is 17.9 Å². The van der Waals surface area contributed by atoms with Gasteiger partial charge in [-0.05, 0) is 27.7 Å². The highest BCUT2D eigenvalue weighted by molar-refractivity contribution is 6.76. The maximum atomic E-state index is 12.1. The summed E-state index contributed by atoms with van der Waals surface area (Å²) >= 11 is 0. The summed E-state index contributed by atoms with van der Waals surface area (Å²) in [7, 11) is 0.124. The van der Waals surface area contributed by atoms with Crippen molar-refractivity contribution >= 4 is 20.1 Å². The lowest BCUT2D eigenvalue weighted by Crippen LogP contribution is -2.32. The number of amides is 1. The van der Waals surface area contributed by atoms with Crippen molar-refractivity contribution in [3.05, 3.63) is 17.0 Å². The molecule has 0 aliphatic rings. The van der Waals surface area contributed by atoms with Crippen molar-refractivity contribution in [3.8, 4) is 0 Å². The van der Waals surface area contributed by atoms with E-state index >= 15 is 0 Å². The molecule has 0 fully saturated rings. The Balaban J connectivity index is 2.84. The summed E-state index contributed by atoms with van der Waals surface area (Å²) in [6.07, 6.45) is -0.558. The Labute approximate surface area is 162 Å². The molecule has 1 aromatic heterocycles. The van der Waals surface area contributed by atoms with Crippen LogP contribution in [0.5, 0.6) is 0 Å². The van der Waals surface area contributed by atoms with Crippen LogP contribution in [0.25, 0.3) is 0 Å². The molecule has 0 atom stereocenters. The Kier molecular flexibility index (Phi) is 8.03. The Morgan fingerprint density at radius 2 is 1.85 bits per heavy atom. The number of hydrogen-bond acceptors (Lipinski definition) is 6. The molecule has 1 amide bonds. The first-order valence-electron chi connectivity index (χ1n) is 9.03. The number of nitrogens with zero attached hydrogens (tertiary/aromatic N) is 2. The number of nitrogens with one attached hydrogen (secondary N) is 1. The zero-order valence-electron chi connectivity index (χ0n) is 17.8. The minimum absolute atomic E-state index is 0.111. The highest BCUT2D eigenvalue weighted by Gasteiger charge is 2.23. The molecule has 0 aliphatic heterocycles. The lowest BCUT2D eigenvalue weighted by molar-refractivity contribution is 0.0517. The van der Waals surface area contributed by atoms with Crippen LogP contribution in [0, 0.1) is 6.92 Å². The second kappa shape index (κ2) is 9.36. The summed E-state index contributed by atoms with van der Waals surface area (Å²) in [5, 5.41) is 6.96. The average molecular weight is 400 g/mol. The van der Waals surface area contributed by atoms with E-state index in [0.717, 1.165) is 11.7 Å². The van der Waals surface area contributed by atoms with Crippen LogP contribution < -0.4 is 5.32 Å². The molecule has 0 radical (unpaired) electrons. The maximum absolute atomic E-state index is 12.1. The first-order valence-corrected chi connectivity index (χ1v) is 12.7. The number of carbonyl (C=O) groups is 2. The topological polar surface area (TPSA) is 91.7 Å². The van der Waals surface area contributed by atoms with Crippen molar-refractivity contribution in [2.45, 2.75) is 72.3 Å². The predicted molar refractivity (Wildman–Crippen MR) is 105 cm³/mol. The van der Waals surface area contributed by atoms with Crippen LogP contribution in [0.1, 0.15) is 42.5 Å². The summed E-state index contributed by atoms with van der Waals surface area (Å²) in [6, 6.07) is 1.05. The number of ether oxygens (including phenoxy) is 3. The largest absolute Gasteiger partial charge is 0.464 e. The van der Waals surface area contributed by atoms with Gasteiger partial charge in [0.2, 0.25) is 0 Å². The fourth-order valence-electron chi connectivity index (χ4n) is 2.19. The molecule has 27 heavy (non-hydrogen) atoms. The van der Waals surface area contributed by atoms with Crippen molar-refractivity contribution in [3.63, 3.8) is 0 Å². The monoisotopic (exact) mass is 399 g/mol. The van der Waals surface area contributed by atoms with E-state index in [1.54, 1.807) is 25.5 Å². The first kappa shape index (κ1) is 23.2. The zero-order chi connectivity index (χ0) is 20.8. The number of esters is 1. The standard InChI is InChI=1S/C18H33N3O5Si/c1-13-14(11-19-17(23)26-18(2,3)4)15(16(22)24-5)20-21(13)12-25-9-10-27(6,7)8/h9-12H2,1-8H3,(H,19,23)/q-1. The number of carbonyl (C=O) groups excluding carboxylic acids is 2. The fraction of sp³-hybridized carbons (Fsp3) is 0.722. The minimum Gasteiger partial charge on any atom is -0.464 e. The van der Waals surface area contributed by atoms with Crippen LogP contribution in [0.2, 0.25) is 25.7 Å². The number of hydrogen-bond donors (Lipinski definition) is 1. The molecule has 9 heteroatoms. The van der Waals surface area contributed by atoms with Gasteiger partial charge in [-0.2, -0.15) is 24.7 Å². The molecule has 0 aliphatic carbocycles. The molecule has 1 rings (SSSR count). The van der Waals surface area contributed by atoms with Crippen molar-refractivity contribution < 1.29 is 23.8 Å². The van der Waals surface area contributed by atoms with Gasteiger partial charge in [-0.1, -0.05) is 0 Å². The molecule has 1 heterocycles. The van der Waals surface area contributed by atoms with Crippen LogP contribution in [-0.4, -0.2) is 49.2 Å². The Hall–Kier alpha value is -1.87. The summed E-state index contributed by atoms with van der Waals surface area (Å²) in [5.74, 6) is -0.556. The van der Waals surface area contributed by atoms with Gasteiger partial charge in [0.25, 0.3) is 0 Å². The SMILES string of the molecule is COC(=O)c1nn(COCC[Si-](C)(C)C)c(C)c1CNC(=O)OC(C)(C)C. The van der Waals surface area contributed by atoms with Crippen LogP contribution in [-0.2, 0) is 27.5 Å². The lowest BCUT2D eigenvalue weighted by Gasteiger charge is -2.26. The Morgan fingerprint density at radius 1 is 1.22 bits per heavy atom. The molecule has 0 saturated heterocycles. The summed E-state index contributed by atoms with van der Waals surface area (Å²) in [6.45, 7) is 15.0. The Morgan fingerprint density at radius 3 is 2.37 bits per heavy atom. The summed E-state index contributed by atoms with van der Waals surface area (Å²) in [5.41, 5.74) is 0.888. The second-order valence-electron chi connectivity index (χ2n) is 8.61. The third kappa shape index (κ3) is 8.13. The molecule has 0 spiro atoms. The molecular weight excluding hydrogens is 366 g/mol. The van der Waals surface area contributed by atoms with Crippen molar-refractivity contribution in [1.82, 2.24) is 15.1 Å². The van der Waals surface area contributed by atoms with E-state index in [-0.39, 0.29) is 19.0 Å². The van der Waals surface area contributed by atoms with Crippen molar-refractivity contribution in [2.75, 3.05) is 13.7 Å². The third-order valence-electron chi connectivity index (χ3n) is 3.73. The molecule has 8 nitrogen and oxygen atoms in total. The average Bonchev–Trinajstić information content (AvgIpc) is 2.82. The highest BCUT2D eigenvalue weighted by atomic mass is 28.3. The van der Waals surface area contributed by atoms with Crippen LogP contribution in [0.3, 0.4) is 0 Å². The molecule has 1 N–H and O–H groups in total. The van der Waals surface area contributed by atoms with Crippen molar-refractivity contribution in [1.29, 1.82) is 0 Å². The normalized spacial score (nSPS) is 12.0. The smallest absolute Gasteiger partial charge is 0.407 e. The third-order valence-corrected chi connectivity index (χ3v) is 5.43. The molecule has 0 aromatic carbocycles. The lowest BCUT2D eigenvalue weighted by atomic mass is 10.2. The molecular formula is C18H33N3O5Si-. The van der Waals surface area contributed by atoms with Gasteiger partial charge in [-0.3, -0.25) is 0 Å². The number of methoxy groups -OCH3 is 1. The van der Waals surface area contributed by atoms with Crippen LogP contribution >= 0.6 is 0 Å². The Bertz CT molecular complexity index is 659. The van der Waals surface area contributed by atoms with Crippen LogP contribution in [0.15, 0.2) is 0 Å². The molecule has 0 saturated carbocycles. The fourth-order valence-corrected chi connectivity index (χ4v) is 2.94. The number of alkyl carbamates (subject to hydrolysis) is 1. The molecule has 0 unspecified atom stereocenters. The first-order chi connectivity index (χ1) is 12.3. The number of rotatable bonds is 8. The highest BCUT2D eigenvalue weighted by Crippen LogP contribution is 2.16. The van der Waals surface area contributed by atoms with Gasteiger partial charge in [-0.15, -0.1) is 14.1 Å². The quantitative estimate of drug-likeness (QED) is 0.410. The maximum Gasteiger partial charge on any atom is 0.407 e. The van der Waals surface area contributed by atoms with Crippen LogP contribution in [0.4, 0.5) is 4.79 Å². The zero-order valence-corrected chi connectivity index (χ0v) is 18.8. The molecule has 155 valence electrons. The van der Waals surface area contributed by atoms with E-state index in [0.29, 0.717) is 12.2 Å². The van der Waals surface area contributed by atoms with E-state index in [9.17, 15) is 9.59 Å².